The molecule has 5 nitrogen and oxygen atoms in total. The van der Waals surface area contributed by atoms with Crippen molar-refractivity contribution in [3.8, 4) is 0 Å². The number of hydrogen-bond acceptors (Lipinski definition) is 4. The lowest BCUT2D eigenvalue weighted by Gasteiger charge is -2.02. The first-order valence-corrected chi connectivity index (χ1v) is 6.47. The van der Waals surface area contributed by atoms with Crippen LogP contribution < -0.4 is 0 Å². The Morgan fingerprint density at radius 3 is 2.70 bits per heavy atom. The third-order valence-corrected chi connectivity index (χ3v) is 3.09. The molecule has 0 fully saturated rings. The molecule has 1 aromatic carbocycles. The minimum atomic E-state index is -0.650. The summed E-state index contributed by atoms with van der Waals surface area (Å²) in [4.78, 5) is 22.8. The molecule has 2 rings (SSSR count). The molecule has 0 amide bonds. The predicted octanol–water partition coefficient (Wildman–Crippen LogP) is 2.57. The van der Waals surface area contributed by atoms with Gasteiger partial charge in [0.25, 0.3) is 0 Å². The first-order valence-electron chi connectivity index (χ1n) is 6.10. The molecule has 0 atom stereocenters. The van der Waals surface area contributed by atoms with Crippen molar-refractivity contribution in [2.45, 2.75) is 13.5 Å². The molecule has 0 radical (unpaired) electrons. The fraction of sp³-hybridized carbons (Fsp3) is 0.214. The molecule has 0 spiro atoms. The summed E-state index contributed by atoms with van der Waals surface area (Å²) in [7, 11) is 0. The molecule has 0 bridgehead atoms. The van der Waals surface area contributed by atoms with Gasteiger partial charge >= 0.3 is 5.97 Å². The normalized spacial score (nSPS) is 10.3. The molecule has 0 saturated heterocycles. The van der Waals surface area contributed by atoms with Crippen molar-refractivity contribution in [3.05, 3.63) is 52.3 Å². The Kier molecular flexibility index (Phi) is 4.53. The van der Waals surface area contributed by atoms with Crippen LogP contribution >= 0.6 is 11.6 Å². The largest absolute Gasteiger partial charge is 0.461 e. The van der Waals surface area contributed by atoms with E-state index in [0.717, 1.165) is 5.56 Å². The summed E-state index contributed by atoms with van der Waals surface area (Å²) < 4.78 is 6.27. The van der Waals surface area contributed by atoms with Crippen molar-refractivity contribution in [2.24, 2.45) is 0 Å². The summed E-state index contributed by atoms with van der Waals surface area (Å²) in [5, 5.41) is 4.20. The summed E-state index contributed by atoms with van der Waals surface area (Å²) >= 11 is 6.09. The lowest BCUT2D eigenvalue weighted by atomic mass is 10.2. The minimum Gasteiger partial charge on any atom is -0.461 e. The van der Waals surface area contributed by atoms with Gasteiger partial charge in [0, 0.05) is 0 Å². The van der Waals surface area contributed by atoms with Crippen molar-refractivity contribution in [1.29, 1.82) is 0 Å². The van der Waals surface area contributed by atoms with Crippen LogP contribution in [0.15, 0.2) is 30.3 Å². The lowest BCUT2D eigenvalue weighted by Crippen LogP contribution is -2.09. The van der Waals surface area contributed by atoms with Crippen LogP contribution in [-0.2, 0) is 11.3 Å². The van der Waals surface area contributed by atoms with Gasteiger partial charge in [-0.05, 0) is 12.5 Å². The SMILES string of the molecule is CCOC(=O)c1nn(Cc2ccccc2)c(Cl)c1C=O. The molecule has 6 heteroatoms. The van der Waals surface area contributed by atoms with E-state index < -0.39 is 5.97 Å². The van der Waals surface area contributed by atoms with Crippen molar-refractivity contribution in [1.82, 2.24) is 9.78 Å². The summed E-state index contributed by atoms with van der Waals surface area (Å²) in [6.07, 6.45) is 0.517. The molecule has 0 aliphatic carbocycles. The average Bonchev–Trinajstić information content (AvgIpc) is 2.77. The van der Waals surface area contributed by atoms with E-state index in [4.69, 9.17) is 16.3 Å². The first-order chi connectivity index (χ1) is 9.67. The molecule has 0 N–H and O–H groups in total. The Hall–Kier alpha value is -2.14. The van der Waals surface area contributed by atoms with E-state index in [-0.39, 0.29) is 23.0 Å². The zero-order valence-electron chi connectivity index (χ0n) is 10.9. The Morgan fingerprint density at radius 2 is 2.10 bits per heavy atom. The molecule has 1 aromatic heterocycles. The van der Waals surface area contributed by atoms with Crippen LogP contribution in [0.5, 0.6) is 0 Å². The molecule has 0 aliphatic rings. The number of esters is 1. The number of aromatic nitrogens is 2. The maximum absolute atomic E-state index is 11.7. The van der Waals surface area contributed by atoms with E-state index in [1.165, 1.54) is 4.68 Å². The van der Waals surface area contributed by atoms with Gasteiger partial charge < -0.3 is 4.74 Å². The summed E-state index contributed by atoms with van der Waals surface area (Å²) in [5.74, 6) is -0.650. The number of nitrogens with zero attached hydrogens (tertiary/aromatic N) is 2. The number of carbonyl (C=O) groups excluding carboxylic acids is 2. The van der Waals surface area contributed by atoms with Gasteiger partial charge in [-0.1, -0.05) is 41.9 Å². The fourth-order valence-corrected chi connectivity index (χ4v) is 2.00. The van der Waals surface area contributed by atoms with Crippen LogP contribution in [0.4, 0.5) is 0 Å². The molecule has 0 unspecified atom stereocenters. The van der Waals surface area contributed by atoms with Crippen LogP contribution in [0, 0.1) is 0 Å². The monoisotopic (exact) mass is 292 g/mol. The topological polar surface area (TPSA) is 61.2 Å². The smallest absolute Gasteiger partial charge is 0.359 e. The van der Waals surface area contributed by atoms with E-state index >= 15 is 0 Å². The summed E-state index contributed by atoms with van der Waals surface area (Å²) in [6, 6.07) is 9.49. The zero-order valence-corrected chi connectivity index (χ0v) is 11.6. The second kappa shape index (κ2) is 6.34. The number of hydrogen-bond donors (Lipinski definition) is 0. The average molecular weight is 293 g/mol. The van der Waals surface area contributed by atoms with Gasteiger partial charge in [-0.25, -0.2) is 9.48 Å². The standard InChI is InChI=1S/C14H13ClN2O3/c1-2-20-14(19)12-11(9-18)13(15)17(16-12)8-10-6-4-3-5-7-10/h3-7,9H,2,8H2,1H3. The molecule has 104 valence electrons. The van der Waals surface area contributed by atoms with Crippen LogP contribution in [0.25, 0.3) is 0 Å². The van der Waals surface area contributed by atoms with Gasteiger partial charge in [-0.3, -0.25) is 4.79 Å². The molecule has 2 aromatic rings. The Labute approximate surface area is 121 Å². The summed E-state index contributed by atoms with van der Waals surface area (Å²) in [5.41, 5.74) is 0.966. The molecule has 0 aliphatic heterocycles. The second-order valence-corrected chi connectivity index (χ2v) is 4.39. The van der Waals surface area contributed by atoms with Crippen LogP contribution in [-0.4, -0.2) is 28.6 Å². The van der Waals surface area contributed by atoms with Crippen LogP contribution in [0.2, 0.25) is 5.15 Å². The number of benzene rings is 1. The number of rotatable bonds is 5. The minimum absolute atomic E-state index is 0.0530. The highest BCUT2D eigenvalue weighted by Crippen LogP contribution is 2.20. The quantitative estimate of drug-likeness (QED) is 0.628. The van der Waals surface area contributed by atoms with E-state index in [2.05, 4.69) is 5.10 Å². The predicted molar refractivity (Wildman–Crippen MR) is 74.1 cm³/mol. The van der Waals surface area contributed by atoms with E-state index in [9.17, 15) is 9.59 Å². The molecule has 20 heavy (non-hydrogen) atoms. The van der Waals surface area contributed by atoms with Gasteiger partial charge in [0.2, 0.25) is 0 Å². The number of carbonyl (C=O) groups is 2. The second-order valence-electron chi connectivity index (χ2n) is 4.03. The van der Waals surface area contributed by atoms with Crippen LogP contribution in [0.1, 0.15) is 33.3 Å². The first kappa shape index (κ1) is 14.3. The van der Waals surface area contributed by atoms with Crippen molar-refractivity contribution >= 4 is 23.9 Å². The number of aldehydes is 1. The maximum atomic E-state index is 11.7. The fourth-order valence-electron chi connectivity index (χ4n) is 1.77. The van der Waals surface area contributed by atoms with Crippen LogP contribution in [0.3, 0.4) is 0 Å². The lowest BCUT2D eigenvalue weighted by molar-refractivity contribution is 0.0516. The molecular formula is C14H13ClN2O3. The Bertz CT molecular complexity index is 623. The molecule has 0 saturated carbocycles. The Morgan fingerprint density at radius 1 is 1.40 bits per heavy atom. The van der Waals surface area contributed by atoms with Crippen molar-refractivity contribution in [2.75, 3.05) is 6.61 Å². The number of halogens is 1. The van der Waals surface area contributed by atoms with Gasteiger partial charge in [0.1, 0.15) is 5.15 Å². The van der Waals surface area contributed by atoms with Gasteiger partial charge in [0.15, 0.2) is 12.0 Å². The third-order valence-electron chi connectivity index (χ3n) is 2.69. The Balaban J connectivity index is 2.35. The maximum Gasteiger partial charge on any atom is 0.359 e. The number of ether oxygens (including phenoxy) is 1. The highest BCUT2D eigenvalue weighted by Gasteiger charge is 2.22. The zero-order chi connectivity index (χ0) is 14.5. The van der Waals surface area contributed by atoms with Gasteiger partial charge in [0.05, 0.1) is 18.7 Å². The van der Waals surface area contributed by atoms with E-state index in [0.29, 0.717) is 12.8 Å². The molecular weight excluding hydrogens is 280 g/mol. The van der Waals surface area contributed by atoms with Crippen molar-refractivity contribution in [3.63, 3.8) is 0 Å². The van der Waals surface area contributed by atoms with Gasteiger partial charge in [-0.15, -0.1) is 0 Å². The molecule has 1 heterocycles. The third kappa shape index (κ3) is 2.88. The van der Waals surface area contributed by atoms with E-state index in [1.807, 2.05) is 30.3 Å². The van der Waals surface area contributed by atoms with E-state index in [1.54, 1.807) is 6.92 Å². The van der Waals surface area contributed by atoms with Gasteiger partial charge in [-0.2, -0.15) is 5.10 Å². The highest BCUT2D eigenvalue weighted by atomic mass is 35.5. The van der Waals surface area contributed by atoms with Crippen molar-refractivity contribution < 1.29 is 14.3 Å². The summed E-state index contributed by atoms with van der Waals surface area (Å²) in [6.45, 7) is 2.27. The highest BCUT2D eigenvalue weighted by molar-refractivity contribution is 6.32.